The van der Waals surface area contributed by atoms with Crippen LogP contribution in [0.4, 0.5) is 8.78 Å². The van der Waals surface area contributed by atoms with Crippen molar-refractivity contribution < 1.29 is 8.78 Å². The summed E-state index contributed by atoms with van der Waals surface area (Å²) in [5.74, 6) is -1.02. The van der Waals surface area contributed by atoms with Gasteiger partial charge >= 0.3 is 0 Å². The van der Waals surface area contributed by atoms with Crippen molar-refractivity contribution in [3.05, 3.63) is 35.4 Å². The third kappa shape index (κ3) is 4.28. The lowest BCUT2D eigenvalue weighted by Gasteiger charge is -2.20. The number of nitriles is 1. The van der Waals surface area contributed by atoms with Crippen LogP contribution in [0, 0.1) is 28.9 Å². The maximum atomic E-state index is 13.1. The van der Waals surface area contributed by atoms with Gasteiger partial charge in [0.25, 0.3) is 0 Å². The molecule has 2 atom stereocenters. The van der Waals surface area contributed by atoms with E-state index in [0.717, 1.165) is 31.7 Å². The molecule has 1 saturated carbocycles. The number of nitrogens with zero attached hydrogens (tertiary/aromatic N) is 1. The van der Waals surface area contributed by atoms with Crippen LogP contribution in [-0.2, 0) is 6.42 Å². The summed E-state index contributed by atoms with van der Waals surface area (Å²) in [5.41, 5.74) is 0.650. The summed E-state index contributed by atoms with van der Waals surface area (Å²) < 4.78 is 26.2. The van der Waals surface area contributed by atoms with Crippen LogP contribution in [0.2, 0.25) is 0 Å². The Bertz CT molecular complexity index is 462. The smallest absolute Gasteiger partial charge is 0.126 e. The summed E-state index contributed by atoms with van der Waals surface area (Å²) in [4.78, 5) is 0. The Hall–Kier alpha value is -1.47. The maximum absolute atomic E-state index is 13.1. The van der Waals surface area contributed by atoms with Gasteiger partial charge in [0.1, 0.15) is 11.6 Å². The van der Waals surface area contributed by atoms with Crippen LogP contribution in [0.1, 0.15) is 37.7 Å². The lowest BCUT2D eigenvalue weighted by atomic mass is 9.96. The normalized spacial score (nSPS) is 23.1. The molecule has 2 nitrogen and oxygen atoms in total. The van der Waals surface area contributed by atoms with E-state index in [1.165, 1.54) is 18.6 Å². The first-order chi connectivity index (χ1) is 9.69. The number of halogens is 2. The SMILES string of the molecule is N#CC1CCCCCC1NCCc1cc(F)cc(F)c1. The van der Waals surface area contributed by atoms with Gasteiger partial charge in [-0.1, -0.05) is 19.3 Å². The molecule has 0 heterocycles. The second kappa shape index (κ2) is 7.35. The molecule has 1 aromatic rings. The molecule has 0 radical (unpaired) electrons. The second-order valence-electron chi connectivity index (χ2n) is 5.46. The Balaban J connectivity index is 1.86. The maximum Gasteiger partial charge on any atom is 0.126 e. The summed E-state index contributed by atoms with van der Waals surface area (Å²) in [5, 5.41) is 12.6. The van der Waals surface area contributed by atoms with Gasteiger partial charge < -0.3 is 5.32 Å². The highest BCUT2D eigenvalue weighted by Crippen LogP contribution is 2.23. The van der Waals surface area contributed by atoms with Crippen LogP contribution in [0.3, 0.4) is 0 Å². The minimum Gasteiger partial charge on any atom is -0.312 e. The van der Waals surface area contributed by atoms with Gasteiger partial charge in [-0.25, -0.2) is 8.78 Å². The fourth-order valence-corrected chi connectivity index (χ4v) is 2.86. The van der Waals surface area contributed by atoms with Crippen LogP contribution in [0.15, 0.2) is 18.2 Å². The van der Waals surface area contributed by atoms with E-state index in [-0.39, 0.29) is 12.0 Å². The second-order valence-corrected chi connectivity index (χ2v) is 5.46. The molecular formula is C16H20F2N2. The molecule has 20 heavy (non-hydrogen) atoms. The van der Waals surface area contributed by atoms with Crippen LogP contribution in [0.5, 0.6) is 0 Å². The summed E-state index contributed by atoms with van der Waals surface area (Å²) in [6, 6.07) is 6.19. The zero-order valence-corrected chi connectivity index (χ0v) is 11.5. The largest absolute Gasteiger partial charge is 0.312 e. The minimum atomic E-state index is -0.538. The van der Waals surface area contributed by atoms with E-state index >= 15 is 0 Å². The number of hydrogen-bond donors (Lipinski definition) is 1. The Morgan fingerprint density at radius 3 is 2.50 bits per heavy atom. The van der Waals surface area contributed by atoms with E-state index in [4.69, 9.17) is 0 Å². The first kappa shape index (κ1) is 14.9. The van der Waals surface area contributed by atoms with Gasteiger partial charge in [0.05, 0.1) is 12.0 Å². The van der Waals surface area contributed by atoms with Gasteiger partial charge in [-0.15, -0.1) is 0 Å². The number of benzene rings is 1. The van der Waals surface area contributed by atoms with Crippen molar-refractivity contribution in [1.29, 1.82) is 5.26 Å². The molecule has 0 spiro atoms. The van der Waals surface area contributed by atoms with E-state index in [2.05, 4.69) is 11.4 Å². The fraction of sp³-hybridized carbons (Fsp3) is 0.562. The van der Waals surface area contributed by atoms with Gasteiger partial charge in [-0.2, -0.15) is 5.26 Å². The highest BCUT2D eigenvalue weighted by Gasteiger charge is 2.22. The van der Waals surface area contributed by atoms with Gasteiger partial charge in [0.2, 0.25) is 0 Å². The third-order valence-corrected chi connectivity index (χ3v) is 3.92. The van der Waals surface area contributed by atoms with Crippen molar-refractivity contribution in [3.8, 4) is 6.07 Å². The monoisotopic (exact) mass is 278 g/mol. The van der Waals surface area contributed by atoms with E-state index < -0.39 is 11.6 Å². The van der Waals surface area contributed by atoms with Crippen molar-refractivity contribution in [2.24, 2.45) is 5.92 Å². The van der Waals surface area contributed by atoms with Gasteiger partial charge in [-0.3, -0.25) is 0 Å². The molecule has 4 heteroatoms. The van der Waals surface area contributed by atoms with Crippen LogP contribution in [-0.4, -0.2) is 12.6 Å². The average Bonchev–Trinajstić information content (AvgIpc) is 2.62. The van der Waals surface area contributed by atoms with Crippen molar-refractivity contribution in [2.75, 3.05) is 6.54 Å². The molecule has 1 aliphatic carbocycles. The van der Waals surface area contributed by atoms with Gasteiger partial charge in [0.15, 0.2) is 0 Å². The van der Waals surface area contributed by atoms with E-state index in [1.54, 1.807) is 0 Å². The van der Waals surface area contributed by atoms with Crippen molar-refractivity contribution in [1.82, 2.24) is 5.32 Å². The van der Waals surface area contributed by atoms with Gasteiger partial charge in [-0.05, 0) is 43.5 Å². The first-order valence-corrected chi connectivity index (χ1v) is 7.27. The summed E-state index contributed by atoms with van der Waals surface area (Å²) >= 11 is 0. The Morgan fingerprint density at radius 2 is 1.80 bits per heavy atom. The highest BCUT2D eigenvalue weighted by molar-refractivity contribution is 5.18. The molecule has 1 fully saturated rings. The standard InChI is InChI=1S/C16H20F2N2/c17-14-8-12(9-15(18)10-14)6-7-20-16-5-3-1-2-4-13(16)11-19/h8-10,13,16,20H,1-7H2. The predicted molar refractivity (Wildman–Crippen MR) is 74.0 cm³/mol. The quantitative estimate of drug-likeness (QED) is 0.855. The lowest BCUT2D eigenvalue weighted by Crippen LogP contribution is -2.36. The van der Waals surface area contributed by atoms with Crippen LogP contribution in [0.25, 0.3) is 0 Å². The third-order valence-electron chi connectivity index (χ3n) is 3.92. The summed E-state index contributed by atoms with van der Waals surface area (Å²) in [7, 11) is 0. The molecular weight excluding hydrogens is 258 g/mol. The van der Waals surface area contributed by atoms with Crippen molar-refractivity contribution >= 4 is 0 Å². The van der Waals surface area contributed by atoms with Crippen molar-refractivity contribution in [2.45, 2.75) is 44.6 Å². The molecule has 1 N–H and O–H groups in total. The number of hydrogen-bond acceptors (Lipinski definition) is 2. The molecule has 0 aliphatic heterocycles. The Morgan fingerprint density at radius 1 is 1.10 bits per heavy atom. The van der Waals surface area contributed by atoms with Crippen LogP contribution >= 0.6 is 0 Å². The first-order valence-electron chi connectivity index (χ1n) is 7.27. The molecule has 0 bridgehead atoms. The average molecular weight is 278 g/mol. The predicted octanol–water partition coefficient (Wildman–Crippen LogP) is 3.57. The fourth-order valence-electron chi connectivity index (χ4n) is 2.86. The topological polar surface area (TPSA) is 35.8 Å². The van der Waals surface area contributed by atoms with E-state index in [9.17, 15) is 14.0 Å². The van der Waals surface area contributed by atoms with Crippen LogP contribution < -0.4 is 5.32 Å². The highest BCUT2D eigenvalue weighted by atomic mass is 19.1. The Kier molecular flexibility index (Phi) is 5.49. The summed E-state index contributed by atoms with van der Waals surface area (Å²) in [6.07, 6.45) is 5.98. The number of nitrogens with one attached hydrogen (secondary N) is 1. The van der Waals surface area contributed by atoms with E-state index in [1.807, 2.05) is 0 Å². The van der Waals surface area contributed by atoms with Gasteiger partial charge in [0, 0.05) is 12.1 Å². The number of rotatable bonds is 4. The molecule has 108 valence electrons. The molecule has 2 rings (SSSR count). The Labute approximate surface area is 118 Å². The molecule has 0 saturated heterocycles. The summed E-state index contributed by atoms with van der Waals surface area (Å²) in [6.45, 7) is 0.645. The van der Waals surface area contributed by atoms with Crippen molar-refractivity contribution in [3.63, 3.8) is 0 Å². The molecule has 1 aromatic carbocycles. The zero-order chi connectivity index (χ0) is 14.4. The minimum absolute atomic E-state index is 0.0572. The zero-order valence-electron chi connectivity index (χ0n) is 11.5. The molecule has 0 amide bonds. The lowest BCUT2D eigenvalue weighted by molar-refractivity contribution is 0.397. The molecule has 2 unspecified atom stereocenters. The van der Waals surface area contributed by atoms with E-state index in [0.29, 0.717) is 18.5 Å². The molecule has 0 aromatic heterocycles. The molecule has 1 aliphatic rings.